The Bertz CT molecular complexity index is 746. The molecule has 0 aliphatic heterocycles. The van der Waals surface area contributed by atoms with Crippen molar-refractivity contribution in [3.05, 3.63) is 70.3 Å². The van der Waals surface area contributed by atoms with Crippen LogP contribution in [0, 0.1) is 28.7 Å². The van der Waals surface area contributed by atoms with Crippen LogP contribution < -0.4 is 10.1 Å². The zero-order valence-electron chi connectivity index (χ0n) is 12.3. The largest absolute Gasteiger partial charge is 0.482 e. The van der Waals surface area contributed by atoms with E-state index in [2.05, 4.69) is 11.9 Å². The van der Waals surface area contributed by atoms with E-state index in [1.807, 2.05) is 6.92 Å². The molecule has 2 rings (SSSR count). The van der Waals surface area contributed by atoms with Crippen LogP contribution >= 0.6 is 0 Å². The van der Waals surface area contributed by atoms with Crippen molar-refractivity contribution in [2.45, 2.75) is 6.92 Å². The molecule has 0 bridgehead atoms. The van der Waals surface area contributed by atoms with E-state index in [1.54, 1.807) is 24.3 Å². The maximum absolute atomic E-state index is 14.1. The highest BCUT2D eigenvalue weighted by Gasteiger charge is 2.28. The number of rotatable bonds is 6. The molecule has 0 amide bonds. The number of hydrogen-bond donors (Lipinski definition) is 1. The van der Waals surface area contributed by atoms with E-state index >= 15 is 0 Å². The van der Waals surface area contributed by atoms with E-state index in [9.17, 15) is 18.9 Å². The van der Waals surface area contributed by atoms with Gasteiger partial charge in [0.2, 0.25) is 5.75 Å². The lowest BCUT2D eigenvalue weighted by molar-refractivity contribution is -0.385. The van der Waals surface area contributed by atoms with E-state index < -0.39 is 27.9 Å². The summed E-state index contributed by atoms with van der Waals surface area (Å²) in [6.07, 6.45) is 1.35. The van der Waals surface area contributed by atoms with Gasteiger partial charge < -0.3 is 10.1 Å². The van der Waals surface area contributed by atoms with Crippen LogP contribution in [0.15, 0.2) is 43.0 Å². The highest BCUT2D eigenvalue weighted by molar-refractivity contribution is 5.75. The van der Waals surface area contributed by atoms with Gasteiger partial charge in [-0.3, -0.25) is 10.1 Å². The third kappa shape index (κ3) is 3.63. The number of nitro benzene ring substituents is 1. The smallest absolute Gasteiger partial charge is 0.337 e. The zero-order chi connectivity index (χ0) is 17.0. The van der Waals surface area contributed by atoms with E-state index in [-0.39, 0.29) is 12.4 Å². The minimum Gasteiger partial charge on any atom is -0.482 e. The van der Waals surface area contributed by atoms with Crippen molar-refractivity contribution >= 4 is 17.1 Å². The Morgan fingerprint density at radius 1 is 1.35 bits per heavy atom. The number of ether oxygens (including phenoxy) is 1. The molecule has 0 radical (unpaired) electrons. The Morgan fingerprint density at radius 2 is 2.00 bits per heavy atom. The third-order valence-electron chi connectivity index (χ3n) is 3.02. The molecule has 0 saturated carbocycles. The summed E-state index contributed by atoms with van der Waals surface area (Å²) in [6.45, 7) is 5.19. The van der Waals surface area contributed by atoms with Gasteiger partial charge in [-0.25, -0.2) is 8.78 Å². The van der Waals surface area contributed by atoms with Crippen molar-refractivity contribution < 1.29 is 18.4 Å². The average molecular weight is 320 g/mol. The van der Waals surface area contributed by atoms with Gasteiger partial charge in [-0.2, -0.15) is 0 Å². The predicted molar refractivity (Wildman–Crippen MR) is 83.2 cm³/mol. The van der Waals surface area contributed by atoms with Crippen molar-refractivity contribution in [1.82, 2.24) is 0 Å². The molecule has 0 aliphatic rings. The van der Waals surface area contributed by atoms with Gasteiger partial charge in [0.15, 0.2) is 17.3 Å². The number of halogens is 2. The molecule has 0 saturated heterocycles. The molecule has 7 heteroatoms. The second kappa shape index (κ2) is 6.87. The van der Waals surface area contributed by atoms with E-state index in [0.29, 0.717) is 11.8 Å². The molecule has 0 aromatic heterocycles. The fraction of sp³-hybridized carbons (Fsp3) is 0.125. The number of benzene rings is 2. The quantitative estimate of drug-likeness (QED) is 0.484. The summed E-state index contributed by atoms with van der Waals surface area (Å²) in [5.74, 6) is -2.96. The van der Waals surface area contributed by atoms with Gasteiger partial charge in [-0.05, 0) is 19.1 Å². The molecule has 120 valence electrons. The van der Waals surface area contributed by atoms with Crippen LogP contribution in [-0.2, 0) is 0 Å². The molecule has 5 nitrogen and oxygen atoms in total. The summed E-state index contributed by atoms with van der Waals surface area (Å²) >= 11 is 0. The first-order valence-corrected chi connectivity index (χ1v) is 6.67. The lowest BCUT2D eigenvalue weighted by Crippen LogP contribution is -2.06. The Hall–Kier alpha value is -2.96. The predicted octanol–water partition coefficient (Wildman–Crippen LogP) is 4.49. The van der Waals surface area contributed by atoms with Crippen LogP contribution in [0.25, 0.3) is 0 Å². The Balaban J connectivity index is 2.54. The van der Waals surface area contributed by atoms with Crippen molar-refractivity contribution in [2.75, 3.05) is 11.9 Å². The molecule has 0 atom stereocenters. The first-order valence-electron chi connectivity index (χ1n) is 6.67. The van der Waals surface area contributed by atoms with Crippen molar-refractivity contribution in [3.8, 4) is 5.75 Å². The van der Waals surface area contributed by atoms with Gasteiger partial charge in [0, 0.05) is 11.8 Å². The molecule has 2 aromatic carbocycles. The number of nitrogens with zero attached hydrogens (tertiary/aromatic N) is 1. The van der Waals surface area contributed by atoms with Gasteiger partial charge >= 0.3 is 5.69 Å². The minimum atomic E-state index is -1.34. The SMILES string of the molecule is C=CCOc1cc(F)c(F)c(Nc2ccc(C)cc2)c1[N+](=O)[O-]. The summed E-state index contributed by atoms with van der Waals surface area (Å²) in [5.41, 5.74) is 0.0851. The average Bonchev–Trinajstić information content (AvgIpc) is 2.51. The van der Waals surface area contributed by atoms with Gasteiger partial charge in [-0.1, -0.05) is 30.4 Å². The van der Waals surface area contributed by atoms with E-state index in [1.165, 1.54) is 6.08 Å². The number of hydrogen-bond acceptors (Lipinski definition) is 4. The number of aryl methyl sites for hydroxylation is 1. The lowest BCUT2D eigenvalue weighted by atomic mass is 10.2. The summed E-state index contributed by atoms with van der Waals surface area (Å²) in [4.78, 5) is 10.5. The molecular formula is C16H14F2N2O3. The number of nitrogens with one attached hydrogen (secondary N) is 1. The third-order valence-corrected chi connectivity index (χ3v) is 3.02. The molecule has 0 aliphatic carbocycles. The Morgan fingerprint density at radius 3 is 2.57 bits per heavy atom. The topological polar surface area (TPSA) is 64.4 Å². The molecule has 0 unspecified atom stereocenters. The second-order valence-corrected chi connectivity index (χ2v) is 4.74. The van der Waals surface area contributed by atoms with Gasteiger partial charge in [-0.15, -0.1) is 0 Å². The van der Waals surface area contributed by atoms with E-state index in [4.69, 9.17) is 4.74 Å². The van der Waals surface area contributed by atoms with Crippen LogP contribution in [0.1, 0.15) is 5.56 Å². The maximum atomic E-state index is 14.1. The normalized spacial score (nSPS) is 10.2. The minimum absolute atomic E-state index is 0.0735. The molecule has 0 heterocycles. The summed E-state index contributed by atoms with van der Waals surface area (Å²) in [5, 5.41) is 13.8. The van der Waals surface area contributed by atoms with Crippen LogP contribution in [0.2, 0.25) is 0 Å². The Labute approximate surface area is 131 Å². The molecule has 2 aromatic rings. The van der Waals surface area contributed by atoms with Gasteiger partial charge in [0.05, 0.1) is 4.92 Å². The molecule has 0 fully saturated rings. The summed E-state index contributed by atoms with van der Waals surface area (Å²) < 4.78 is 32.9. The van der Waals surface area contributed by atoms with Crippen LogP contribution in [-0.4, -0.2) is 11.5 Å². The van der Waals surface area contributed by atoms with Gasteiger partial charge in [0.25, 0.3) is 0 Å². The first-order chi connectivity index (χ1) is 10.9. The van der Waals surface area contributed by atoms with Crippen molar-refractivity contribution in [1.29, 1.82) is 0 Å². The molecule has 0 spiro atoms. The molecule has 1 N–H and O–H groups in total. The number of nitro groups is 1. The lowest BCUT2D eigenvalue weighted by Gasteiger charge is -2.12. The van der Waals surface area contributed by atoms with Crippen molar-refractivity contribution in [3.63, 3.8) is 0 Å². The second-order valence-electron chi connectivity index (χ2n) is 4.74. The summed E-state index contributed by atoms with van der Waals surface area (Å²) in [6, 6.07) is 7.33. The first kappa shape index (κ1) is 16.4. The monoisotopic (exact) mass is 320 g/mol. The highest BCUT2D eigenvalue weighted by Crippen LogP contribution is 2.40. The summed E-state index contributed by atoms with van der Waals surface area (Å²) in [7, 11) is 0. The molecular weight excluding hydrogens is 306 g/mol. The van der Waals surface area contributed by atoms with Crippen molar-refractivity contribution in [2.24, 2.45) is 0 Å². The highest BCUT2D eigenvalue weighted by atomic mass is 19.2. The van der Waals surface area contributed by atoms with Crippen LogP contribution in [0.5, 0.6) is 5.75 Å². The van der Waals surface area contributed by atoms with E-state index in [0.717, 1.165) is 5.56 Å². The molecule has 23 heavy (non-hydrogen) atoms. The fourth-order valence-corrected chi connectivity index (χ4v) is 1.93. The van der Waals surface area contributed by atoms with Crippen LogP contribution in [0.4, 0.5) is 25.8 Å². The number of anilines is 2. The maximum Gasteiger partial charge on any atom is 0.337 e. The van der Waals surface area contributed by atoms with Gasteiger partial charge in [0.1, 0.15) is 6.61 Å². The zero-order valence-corrected chi connectivity index (χ0v) is 12.3. The fourth-order valence-electron chi connectivity index (χ4n) is 1.93. The Kier molecular flexibility index (Phi) is 4.90. The standard InChI is InChI=1S/C16H14F2N2O3/c1-3-8-23-13-9-12(17)14(18)15(16(13)20(21)22)19-11-6-4-10(2)5-7-11/h3-7,9,19H,1,8H2,2H3. The van der Waals surface area contributed by atoms with Crippen LogP contribution in [0.3, 0.4) is 0 Å².